The summed E-state index contributed by atoms with van der Waals surface area (Å²) in [4.78, 5) is 32.8. The number of carbonyl (C=O) groups excluding carboxylic acids is 2. The number of nitrogens with zero attached hydrogens (tertiary/aromatic N) is 4. The maximum absolute atomic E-state index is 12.8. The molecule has 0 bridgehead atoms. The monoisotopic (exact) mass is 318 g/mol. The van der Waals surface area contributed by atoms with Crippen LogP contribution in [0.15, 0.2) is 12.3 Å². The minimum Gasteiger partial charge on any atom is -0.334 e. The number of amides is 2. The van der Waals surface area contributed by atoms with Gasteiger partial charge in [-0.15, -0.1) is 0 Å². The lowest BCUT2D eigenvalue weighted by molar-refractivity contribution is -0.201. The first-order valence-electron chi connectivity index (χ1n) is 8.49. The zero-order valence-corrected chi connectivity index (χ0v) is 13.2. The van der Waals surface area contributed by atoms with Gasteiger partial charge in [-0.3, -0.25) is 19.1 Å². The van der Waals surface area contributed by atoms with E-state index in [1.807, 2.05) is 11.0 Å². The van der Waals surface area contributed by atoms with Gasteiger partial charge in [0.25, 0.3) is 5.91 Å². The van der Waals surface area contributed by atoms with E-state index in [9.17, 15) is 9.59 Å². The highest BCUT2D eigenvalue weighted by molar-refractivity contribution is 5.83. The van der Waals surface area contributed by atoms with E-state index in [2.05, 4.69) is 5.10 Å². The van der Waals surface area contributed by atoms with Crippen LogP contribution in [0.25, 0.3) is 0 Å². The van der Waals surface area contributed by atoms with Gasteiger partial charge in [0.1, 0.15) is 0 Å². The minimum atomic E-state index is -0.476. The predicted octanol–water partition coefficient (Wildman–Crippen LogP) is 1.12. The summed E-state index contributed by atoms with van der Waals surface area (Å²) in [7, 11) is 0. The standard InChI is InChI=1S/C16H22N4O3/c21-15(12-4-3-5-12)18-10-13-6-7-17-20(13)14(11-18)16(22)19-8-1-2-9-23-19/h6-7,12,14H,1-5,8-11H2/t14-/m1/s1. The van der Waals surface area contributed by atoms with Gasteiger partial charge in [0, 0.05) is 18.7 Å². The van der Waals surface area contributed by atoms with Crippen LogP contribution in [-0.2, 0) is 21.0 Å². The van der Waals surface area contributed by atoms with Crippen molar-refractivity contribution in [1.82, 2.24) is 19.7 Å². The second kappa shape index (κ2) is 5.96. The van der Waals surface area contributed by atoms with Crippen LogP contribution < -0.4 is 0 Å². The summed E-state index contributed by atoms with van der Waals surface area (Å²) in [6.45, 7) is 2.13. The van der Waals surface area contributed by atoms with E-state index in [4.69, 9.17) is 4.84 Å². The van der Waals surface area contributed by atoms with Gasteiger partial charge in [-0.05, 0) is 31.7 Å². The summed E-state index contributed by atoms with van der Waals surface area (Å²) in [6, 6.07) is 1.41. The van der Waals surface area contributed by atoms with Gasteiger partial charge in [-0.25, -0.2) is 5.06 Å². The van der Waals surface area contributed by atoms with E-state index in [1.165, 1.54) is 5.06 Å². The number of hydroxylamine groups is 2. The van der Waals surface area contributed by atoms with Crippen molar-refractivity contribution >= 4 is 11.8 Å². The lowest BCUT2D eigenvalue weighted by Gasteiger charge is -2.38. The maximum Gasteiger partial charge on any atom is 0.272 e. The Kier molecular flexibility index (Phi) is 3.80. The summed E-state index contributed by atoms with van der Waals surface area (Å²) in [6.07, 6.45) is 6.71. The van der Waals surface area contributed by atoms with E-state index >= 15 is 0 Å². The van der Waals surface area contributed by atoms with Crippen molar-refractivity contribution in [2.45, 2.75) is 44.7 Å². The van der Waals surface area contributed by atoms with Crippen LogP contribution in [0, 0.1) is 5.92 Å². The van der Waals surface area contributed by atoms with E-state index in [0.29, 0.717) is 26.2 Å². The number of fused-ring (bicyclic) bond motifs is 1. The van der Waals surface area contributed by atoms with Crippen molar-refractivity contribution in [2.75, 3.05) is 19.7 Å². The molecule has 2 fully saturated rings. The van der Waals surface area contributed by atoms with E-state index in [0.717, 1.165) is 37.8 Å². The molecule has 1 aliphatic carbocycles. The number of rotatable bonds is 2. The SMILES string of the molecule is O=C(C1CCC1)N1Cc2ccnn2[C@@H](C(=O)N2CCCCO2)C1. The third kappa shape index (κ3) is 2.63. The van der Waals surface area contributed by atoms with Crippen molar-refractivity contribution in [3.05, 3.63) is 18.0 Å². The van der Waals surface area contributed by atoms with Crippen molar-refractivity contribution < 1.29 is 14.4 Å². The summed E-state index contributed by atoms with van der Waals surface area (Å²) in [5.41, 5.74) is 0.916. The average molecular weight is 318 g/mol. The second-order valence-electron chi connectivity index (χ2n) is 6.61. The molecule has 1 saturated heterocycles. The Morgan fingerprint density at radius 1 is 1.17 bits per heavy atom. The van der Waals surface area contributed by atoms with Gasteiger partial charge < -0.3 is 4.90 Å². The van der Waals surface area contributed by atoms with Gasteiger partial charge in [0.2, 0.25) is 5.91 Å². The van der Waals surface area contributed by atoms with Gasteiger partial charge >= 0.3 is 0 Å². The molecule has 0 unspecified atom stereocenters. The molecular formula is C16H22N4O3. The molecule has 1 atom stereocenters. The molecule has 4 rings (SSSR count). The molecule has 124 valence electrons. The van der Waals surface area contributed by atoms with Crippen LogP contribution in [0.4, 0.5) is 0 Å². The molecule has 7 nitrogen and oxygen atoms in total. The van der Waals surface area contributed by atoms with Crippen LogP contribution in [0.1, 0.15) is 43.8 Å². The number of aromatic nitrogens is 2. The molecule has 0 radical (unpaired) electrons. The van der Waals surface area contributed by atoms with Crippen LogP contribution >= 0.6 is 0 Å². The molecule has 3 aliphatic rings. The first-order chi connectivity index (χ1) is 11.2. The molecule has 1 saturated carbocycles. The quantitative estimate of drug-likeness (QED) is 0.819. The molecule has 3 heterocycles. The third-order valence-electron chi connectivity index (χ3n) is 5.09. The third-order valence-corrected chi connectivity index (χ3v) is 5.09. The van der Waals surface area contributed by atoms with Crippen LogP contribution in [0.5, 0.6) is 0 Å². The summed E-state index contributed by atoms with van der Waals surface area (Å²) < 4.78 is 1.75. The molecule has 1 aromatic rings. The van der Waals surface area contributed by atoms with Crippen molar-refractivity contribution in [2.24, 2.45) is 5.92 Å². The molecule has 23 heavy (non-hydrogen) atoms. The first kappa shape index (κ1) is 14.7. The molecule has 1 aromatic heterocycles. The number of hydrogen-bond donors (Lipinski definition) is 0. The second-order valence-corrected chi connectivity index (χ2v) is 6.61. The van der Waals surface area contributed by atoms with E-state index < -0.39 is 6.04 Å². The molecule has 0 N–H and O–H groups in total. The van der Waals surface area contributed by atoms with E-state index in [-0.39, 0.29) is 17.7 Å². The highest BCUT2D eigenvalue weighted by atomic mass is 16.7. The molecule has 0 aromatic carbocycles. The lowest BCUT2D eigenvalue weighted by Crippen LogP contribution is -2.50. The smallest absolute Gasteiger partial charge is 0.272 e. The Morgan fingerprint density at radius 2 is 2.04 bits per heavy atom. The largest absolute Gasteiger partial charge is 0.334 e. The predicted molar refractivity (Wildman–Crippen MR) is 80.9 cm³/mol. The zero-order chi connectivity index (χ0) is 15.8. The Labute approximate surface area is 135 Å². The Bertz CT molecular complexity index is 604. The van der Waals surface area contributed by atoms with Crippen molar-refractivity contribution in [3.63, 3.8) is 0 Å². The van der Waals surface area contributed by atoms with Crippen molar-refractivity contribution in [3.8, 4) is 0 Å². The highest BCUT2D eigenvalue weighted by Crippen LogP contribution is 2.31. The van der Waals surface area contributed by atoms with Crippen LogP contribution in [0.2, 0.25) is 0 Å². The molecule has 0 spiro atoms. The van der Waals surface area contributed by atoms with Gasteiger partial charge in [0.05, 0.1) is 25.4 Å². The molecule has 2 aliphatic heterocycles. The lowest BCUT2D eigenvalue weighted by atomic mass is 9.84. The van der Waals surface area contributed by atoms with Crippen LogP contribution in [0.3, 0.4) is 0 Å². The Balaban J connectivity index is 1.55. The topological polar surface area (TPSA) is 67.7 Å². The van der Waals surface area contributed by atoms with E-state index in [1.54, 1.807) is 10.9 Å². The minimum absolute atomic E-state index is 0.0965. The van der Waals surface area contributed by atoms with Gasteiger partial charge in [0.15, 0.2) is 6.04 Å². The van der Waals surface area contributed by atoms with Crippen molar-refractivity contribution in [1.29, 1.82) is 0 Å². The molecular weight excluding hydrogens is 296 g/mol. The van der Waals surface area contributed by atoms with Gasteiger partial charge in [-0.1, -0.05) is 6.42 Å². The Hall–Kier alpha value is -1.89. The zero-order valence-electron chi connectivity index (χ0n) is 13.2. The fourth-order valence-corrected chi connectivity index (χ4v) is 3.49. The number of carbonyl (C=O) groups is 2. The summed E-state index contributed by atoms with van der Waals surface area (Å²) in [5.74, 6) is 0.230. The first-order valence-corrected chi connectivity index (χ1v) is 8.49. The summed E-state index contributed by atoms with van der Waals surface area (Å²) >= 11 is 0. The fourth-order valence-electron chi connectivity index (χ4n) is 3.49. The Morgan fingerprint density at radius 3 is 2.74 bits per heavy atom. The molecule has 7 heteroatoms. The fraction of sp³-hybridized carbons (Fsp3) is 0.688. The average Bonchev–Trinajstić information content (AvgIpc) is 3.01. The summed E-state index contributed by atoms with van der Waals surface area (Å²) in [5, 5.41) is 5.76. The number of hydrogen-bond acceptors (Lipinski definition) is 4. The maximum atomic E-state index is 12.8. The van der Waals surface area contributed by atoms with Gasteiger partial charge in [-0.2, -0.15) is 5.10 Å². The van der Waals surface area contributed by atoms with Crippen LogP contribution in [-0.4, -0.2) is 51.3 Å². The molecule has 2 amide bonds. The normalized spacial score (nSPS) is 25.0. The highest BCUT2D eigenvalue weighted by Gasteiger charge is 2.39.